The molecule has 5 nitrogen and oxygen atoms in total. The Labute approximate surface area is 408 Å². The van der Waals surface area contributed by atoms with Crippen LogP contribution in [0.15, 0.2) is 249 Å². The minimum atomic E-state index is 0.464. The number of hydrogen-bond acceptors (Lipinski definition) is 4. The average molecular weight is 898 g/mol. The van der Waals surface area contributed by atoms with Crippen LogP contribution < -0.4 is 0 Å². The maximum Gasteiger partial charge on any atom is 0.163 e. The van der Waals surface area contributed by atoms with Crippen LogP contribution >= 0.6 is 0 Å². The van der Waals surface area contributed by atoms with Crippen LogP contribution in [-0.4, -0.2) is 24.5 Å². The van der Waals surface area contributed by atoms with Crippen LogP contribution in [0.3, 0.4) is 0 Å². The molecule has 5 heteroatoms. The third-order valence-electron chi connectivity index (χ3n) is 13.3. The molecule has 70 heavy (non-hydrogen) atoms. The van der Waals surface area contributed by atoms with Crippen LogP contribution in [0.1, 0.15) is 17.1 Å². The van der Waals surface area contributed by atoms with Gasteiger partial charge in [0, 0.05) is 69.8 Å². The first-order chi connectivity index (χ1) is 34.7. The van der Waals surface area contributed by atoms with Crippen LogP contribution in [0, 0.1) is 0 Å². The van der Waals surface area contributed by atoms with Crippen molar-refractivity contribution < 1.29 is 0 Å². The molecular weight excluding hydrogens is 851 g/mol. The molecule has 0 N–H and O–H groups in total. The van der Waals surface area contributed by atoms with Crippen LogP contribution in [0.4, 0.5) is 0 Å². The highest BCUT2D eigenvalue weighted by atomic mass is 15.0. The molecule has 0 aliphatic carbocycles. The molecule has 0 radical (unpaired) electrons. The van der Waals surface area contributed by atoms with E-state index >= 15 is 0 Å². The summed E-state index contributed by atoms with van der Waals surface area (Å²) in [7, 11) is 0. The number of pyridine rings is 1. The molecule has 12 rings (SSSR count). The fourth-order valence-electron chi connectivity index (χ4n) is 9.81. The van der Waals surface area contributed by atoms with Crippen molar-refractivity contribution in [2.45, 2.75) is 19.4 Å². The molecule has 12 aromatic rings. The first kappa shape index (κ1) is 42.3. The zero-order valence-corrected chi connectivity index (χ0v) is 38.5. The van der Waals surface area contributed by atoms with Gasteiger partial charge in [0.25, 0.3) is 0 Å². The third-order valence-corrected chi connectivity index (χ3v) is 13.3. The van der Waals surface area contributed by atoms with Crippen molar-refractivity contribution in [3.8, 4) is 78.4 Å². The van der Waals surface area contributed by atoms with Crippen molar-refractivity contribution in [3.63, 3.8) is 0 Å². The van der Waals surface area contributed by atoms with Crippen molar-refractivity contribution in [3.05, 3.63) is 266 Å². The van der Waals surface area contributed by atoms with Crippen molar-refractivity contribution in [1.82, 2.24) is 24.5 Å². The fourth-order valence-corrected chi connectivity index (χ4v) is 9.81. The quantitative estimate of drug-likeness (QED) is 0.123. The zero-order valence-electron chi connectivity index (χ0n) is 38.5. The average Bonchev–Trinajstić information content (AvgIpc) is 3.75. The van der Waals surface area contributed by atoms with E-state index in [1.165, 1.54) is 44.1 Å². The maximum atomic E-state index is 5.43. The second-order valence-electron chi connectivity index (χ2n) is 17.7. The van der Waals surface area contributed by atoms with Crippen molar-refractivity contribution in [1.29, 1.82) is 0 Å². The van der Waals surface area contributed by atoms with Gasteiger partial charge in [0.05, 0.1) is 0 Å². The Morgan fingerprint density at radius 2 is 0.757 bits per heavy atom. The summed E-state index contributed by atoms with van der Waals surface area (Å²) in [5.74, 6) is 1.98. The summed E-state index contributed by atoms with van der Waals surface area (Å²) in [6.45, 7) is 0.717. The molecule has 0 saturated heterocycles. The number of hydrogen-bond donors (Lipinski definition) is 0. The Morgan fingerprint density at radius 1 is 0.329 bits per heavy atom. The Balaban J connectivity index is 1.01. The summed E-state index contributed by atoms with van der Waals surface area (Å²) in [5.41, 5.74) is 17.9. The fraction of sp³-hybridized carbons (Fsp3) is 0.0462. The molecule has 0 spiro atoms. The topological polar surface area (TPSA) is 56.5 Å². The zero-order chi connectivity index (χ0) is 46.6. The number of aromatic nitrogens is 5. The predicted molar refractivity (Wildman–Crippen MR) is 288 cm³/mol. The van der Waals surface area contributed by atoms with E-state index in [0.29, 0.717) is 30.3 Å². The minimum absolute atomic E-state index is 0.464. The number of aryl methyl sites for hydroxylation is 2. The standard InChI is InChI=1S/C65H47N5/c1-7-19-45(20-8-1)51-31-34-56(48-25-13-4-14-26-48)57(40-51)55-39-54(43-63-67-64(49-27-15-5-16-28-49)69-65(68-63)50-29-17-6-18-30-50)60(66-44-55)37-38-70-61-35-32-52(46-21-9-2-10-22-46)41-58(61)59-42-53(33-36-62(59)70)47-23-11-3-12-24-47/h1-36,39-42,44H,37-38,43H2. The molecule has 332 valence electrons. The molecule has 9 aromatic carbocycles. The van der Waals surface area contributed by atoms with Gasteiger partial charge < -0.3 is 4.57 Å². The molecule has 0 saturated carbocycles. The molecule has 0 aliphatic heterocycles. The smallest absolute Gasteiger partial charge is 0.163 e. The summed E-state index contributed by atoms with van der Waals surface area (Å²) >= 11 is 0. The Hall–Kier alpha value is -9.06. The van der Waals surface area contributed by atoms with Gasteiger partial charge in [-0.05, 0) is 92.0 Å². The molecule has 0 amide bonds. The van der Waals surface area contributed by atoms with Gasteiger partial charge in [-0.2, -0.15) is 0 Å². The largest absolute Gasteiger partial charge is 0.340 e. The summed E-state index contributed by atoms with van der Waals surface area (Å²) in [5, 5.41) is 2.47. The van der Waals surface area contributed by atoms with E-state index in [2.05, 4.69) is 217 Å². The molecule has 3 heterocycles. The summed E-state index contributed by atoms with van der Waals surface area (Å²) in [6, 6.07) is 85.9. The van der Waals surface area contributed by atoms with Gasteiger partial charge in [-0.3, -0.25) is 4.98 Å². The highest BCUT2D eigenvalue weighted by molar-refractivity contribution is 6.10. The number of fused-ring (bicyclic) bond motifs is 3. The van der Waals surface area contributed by atoms with Crippen molar-refractivity contribution in [2.75, 3.05) is 0 Å². The second kappa shape index (κ2) is 18.9. The molecule has 0 aliphatic rings. The van der Waals surface area contributed by atoms with Gasteiger partial charge in [-0.25, -0.2) is 15.0 Å². The van der Waals surface area contributed by atoms with E-state index in [9.17, 15) is 0 Å². The lowest BCUT2D eigenvalue weighted by Gasteiger charge is -2.17. The van der Waals surface area contributed by atoms with Gasteiger partial charge >= 0.3 is 0 Å². The summed E-state index contributed by atoms with van der Waals surface area (Å²) in [6.07, 6.45) is 3.22. The van der Waals surface area contributed by atoms with E-state index < -0.39 is 0 Å². The third kappa shape index (κ3) is 8.57. The molecular formula is C65H47N5. The molecule has 0 fully saturated rings. The first-order valence-electron chi connectivity index (χ1n) is 23.9. The Morgan fingerprint density at radius 3 is 1.24 bits per heavy atom. The van der Waals surface area contributed by atoms with Crippen molar-refractivity contribution in [2.24, 2.45) is 0 Å². The van der Waals surface area contributed by atoms with E-state index in [-0.39, 0.29) is 0 Å². The first-order valence-corrected chi connectivity index (χ1v) is 23.9. The Bertz CT molecular complexity index is 3610. The van der Waals surface area contributed by atoms with E-state index in [1.807, 2.05) is 36.4 Å². The lowest BCUT2D eigenvalue weighted by molar-refractivity contribution is 0.722. The highest BCUT2D eigenvalue weighted by Gasteiger charge is 2.19. The van der Waals surface area contributed by atoms with Gasteiger partial charge in [-0.15, -0.1) is 0 Å². The van der Waals surface area contributed by atoms with Crippen LogP contribution in [0.25, 0.3) is 100 Å². The van der Waals surface area contributed by atoms with E-state index in [4.69, 9.17) is 19.9 Å². The minimum Gasteiger partial charge on any atom is -0.340 e. The van der Waals surface area contributed by atoms with Gasteiger partial charge in [-0.1, -0.05) is 206 Å². The SMILES string of the molecule is c1ccc(-c2ccc(-c3ccccc3)c(-c3cnc(CCn4c5ccc(-c6ccccc6)cc5c5cc(-c6ccccc6)ccc54)c(Cc4nc(-c5ccccc5)nc(-c5ccccc5)n4)c3)c2)cc1. The lowest BCUT2D eigenvalue weighted by atomic mass is 9.90. The molecule has 0 bridgehead atoms. The normalized spacial score (nSPS) is 11.3. The van der Waals surface area contributed by atoms with Crippen LogP contribution in [0.5, 0.6) is 0 Å². The van der Waals surface area contributed by atoms with E-state index in [1.54, 1.807) is 0 Å². The van der Waals surface area contributed by atoms with Crippen molar-refractivity contribution >= 4 is 21.8 Å². The lowest BCUT2D eigenvalue weighted by Crippen LogP contribution is -2.09. The number of benzene rings is 9. The van der Waals surface area contributed by atoms with E-state index in [0.717, 1.165) is 62.3 Å². The number of rotatable bonds is 12. The summed E-state index contributed by atoms with van der Waals surface area (Å²) in [4.78, 5) is 20.8. The van der Waals surface area contributed by atoms with Crippen LogP contribution in [-0.2, 0) is 19.4 Å². The highest BCUT2D eigenvalue weighted by Crippen LogP contribution is 2.39. The maximum absolute atomic E-state index is 5.43. The van der Waals surface area contributed by atoms with Gasteiger partial charge in [0.15, 0.2) is 11.6 Å². The van der Waals surface area contributed by atoms with Crippen LogP contribution in [0.2, 0.25) is 0 Å². The molecule has 0 unspecified atom stereocenters. The van der Waals surface area contributed by atoms with Gasteiger partial charge in [0.2, 0.25) is 0 Å². The predicted octanol–water partition coefficient (Wildman–Crippen LogP) is 15.9. The second-order valence-corrected chi connectivity index (χ2v) is 17.7. The Kier molecular flexibility index (Phi) is 11.4. The number of nitrogens with zero attached hydrogens (tertiary/aromatic N) is 5. The van der Waals surface area contributed by atoms with Gasteiger partial charge in [0.1, 0.15) is 5.82 Å². The molecule has 3 aromatic heterocycles. The summed E-state index contributed by atoms with van der Waals surface area (Å²) < 4.78 is 2.48. The molecule has 0 atom stereocenters. The monoisotopic (exact) mass is 897 g/mol.